The van der Waals surface area contributed by atoms with Crippen molar-refractivity contribution >= 4 is 7.82 Å². The second-order valence-electron chi connectivity index (χ2n) is 3.88. The van der Waals surface area contributed by atoms with Gasteiger partial charge in [0, 0.05) is 20.8 Å². The van der Waals surface area contributed by atoms with Crippen molar-refractivity contribution in [3.63, 3.8) is 0 Å². The van der Waals surface area contributed by atoms with Crippen LogP contribution in [0.25, 0.3) is 0 Å². The molecule has 0 rings (SSSR count). The Bertz CT molecular complexity index is 489. The van der Waals surface area contributed by atoms with Gasteiger partial charge in [0.05, 0.1) is 0 Å². The van der Waals surface area contributed by atoms with Gasteiger partial charge in [-0.05, 0) is 20.8 Å². The molecule has 0 radical (unpaired) electrons. The van der Waals surface area contributed by atoms with Crippen LogP contribution in [0.5, 0.6) is 0 Å². The van der Waals surface area contributed by atoms with Crippen molar-refractivity contribution in [1.82, 2.24) is 0 Å². The highest BCUT2D eigenvalue weighted by molar-refractivity contribution is 7.48. The molecule has 0 saturated carbocycles. The van der Waals surface area contributed by atoms with Gasteiger partial charge in [0.15, 0.2) is 0 Å². The quantitative estimate of drug-likeness (QED) is 0.361. The normalized spacial score (nSPS) is 15.7. The van der Waals surface area contributed by atoms with Gasteiger partial charge in [-0.3, -0.25) is 0 Å². The summed E-state index contributed by atoms with van der Waals surface area (Å²) >= 11 is 0. The number of phosphoric acid groups is 1. The van der Waals surface area contributed by atoms with Crippen molar-refractivity contribution in [2.45, 2.75) is 60.4 Å². The summed E-state index contributed by atoms with van der Waals surface area (Å²) in [4.78, 5) is 0. The summed E-state index contributed by atoms with van der Waals surface area (Å²) in [6.45, 7) is 9.20. The van der Waals surface area contributed by atoms with Crippen molar-refractivity contribution in [3.8, 4) is 36.1 Å². The predicted octanol–water partition coefficient (Wildman–Crippen LogP) is 3.17. The SMILES string of the molecule is CC#COC(C)OP(=O)(OC(C)OC#CC)OC(C)OC#CC. The Labute approximate surface area is 137 Å². The highest BCUT2D eigenvalue weighted by atomic mass is 31.2. The fraction of sp³-hybridized carbons (Fsp3) is 0.600. The maximum atomic E-state index is 12.7. The molecule has 0 fully saturated rings. The lowest BCUT2D eigenvalue weighted by atomic mass is 10.7. The standard InChI is InChI=1S/C15H21O7P/c1-7-10-17-13(4)20-23(16,21-14(5)18-11-8-2)22-15(6)19-12-9-3/h13-15H,1-6H3. The summed E-state index contributed by atoms with van der Waals surface area (Å²) in [7, 11) is -4.09. The van der Waals surface area contributed by atoms with Crippen LogP contribution >= 0.6 is 7.82 Å². The fourth-order valence-corrected chi connectivity index (χ4v) is 2.48. The lowest BCUT2D eigenvalue weighted by Crippen LogP contribution is -2.19. The first-order valence-corrected chi connectivity index (χ1v) is 8.20. The number of hydrogen-bond acceptors (Lipinski definition) is 7. The smallest absolute Gasteiger partial charge is 0.414 e. The molecule has 3 atom stereocenters. The monoisotopic (exact) mass is 344 g/mol. The lowest BCUT2D eigenvalue weighted by molar-refractivity contribution is -0.104. The van der Waals surface area contributed by atoms with Gasteiger partial charge in [0.2, 0.25) is 18.9 Å². The van der Waals surface area contributed by atoms with Crippen LogP contribution in [0.15, 0.2) is 0 Å². The Hall–Kier alpha value is -1.81. The van der Waals surface area contributed by atoms with E-state index in [1.54, 1.807) is 20.8 Å². The minimum Gasteiger partial charge on any atom is -0.414 e. The molecular formula is C15H21O7P. The average Bonchev–Trinajstić information content (AvgIpc) is 2.48. The topological polar surface area (TPSA) is 72.5 Å². The van der Waals surface area contributed by atoms with Crippen molar-refractivity contribution in [1.29, 1.82) is 0 Å². The van der Waals surface area contributed by atoms with E-state index in [2.05, 4.69) is 36.1 Å². The zero-order valence-electron chi connectivity index (χ0n) is 14.0. The molecule has 7 nitrogen and oxygen atoms in total. The Morgan fingerprint density at radius 2 is 0.913 bits per heavy atom. The van der Waals surface area contributed by atoms with E-state index in [9.17, 15) is 4.57 Å². The zero-order chi connectivity index (χ0) is 17.7. The van der Waals surface area contributed by atoms with Gasteiger partial charge in [-0.25, -0.2) is 18.1 Å². The third-order valence-corrected chi connectivity index (χ3v) is 3.48. The van der Waals surface area contributed by atoms with Gasteiger partial charge in [-0.15, -0.1) is 0 Å². The zero-order valence-corrected chi connectivity index (χ0v) is 14.9. The Kier molecular flexibility index (Phi) is 10.8. The summed E-state index contributed by atoms with van der Waals surface area (Å²) in [5, 5.41) is 0. The van der Waals surface area contributed by atoms with Crippen LogP contribution in [0.3, 0.4) is 0 Å². The highest BCUT2D eigenvalue weighted by Crippen LogP contribution is 2.53. The highest BCUT2D eigenvalue weighted by Gasteiger charge is 2.35. The number of phosphoric ester groups is 1. The molecule has 0 amide bonds. The molecule has 0 aromatic rings. The molecular weight excluding hydrogens is 323 g/mol. The fourth-order valence-electron chi connectivity index (χ4n) is 1.11. The molecule has 0 N–H and O–H groups in total. The number of hydrogen-bond donors (Lipinski definition) is 0. The van der Waals surface area contributed by atoms with E-state index in [4.69, 9.17) is 27.8 Å². The lowest BCUT2D eigenvalue weighted by Gasteiger charge is -2.24. The molecule has 128 valence electrons. The average molecular weight is 344 g/mol. The number of ether oxygens (including phenoxy) is 3. The second kappa shape index (κ2) is 11.7. The Balaban J connectivity index is 4.97. The van der Waals surface area contributed by atoms with Crippen LogP contribution in [-0.2, 0) is 32.3 Å². The molecule has 0 aromatic carbocycles. The van der Waals surface area contributed by atoms with E-state index in [0.717, 1.165) is 0 Å². The molecule has 0 aliphatic carbocycles. The molecule has 0 aliphatic rings. The van der Waals surface area contributed by atoms with Gasteiger partial charge in [0.1, 0.15) is 18.3 Å². The summed E-state index contributed by atoms with van der Waals surface area (Å²) in [6, 6.07) is 0. The Morgan fingerprint density at radius 1 is 0.652 bits per heavy atom. The van der Waals surface area contributed by atoms with Gasteiger partial charge < -0.3 is 14.2 Å². The summed E-state index contributed by atoms with van der Waals surface area (Å²) in [5.41, 5.74) is 0. The minimum absolute atomic E-state index is 0.970. The summed E-state index contributed by atoms with van der Waals surface area (Å²) in [6.07, 6.45) is 4.08. The molecule has 8 heteroatoms. The maximum Gasteiger partial charge on any atom is 0.484 e. The van der Waals surface area contributed by atoms with Gasteiger partial charge in [-0.2, -0.15) is 0 Å². The van der Waals surface area contributed by atoms with Crippen LogP contribution < -0.4 is 0 Å². The minimum atomic E-state index is -4.09. The van der Waals surface area contributed by atoms with Crippen LogP contribution in [0.1, 0.15) is 41.5 Å². The molecule has 0 saturated heterocycles. The van der Waals surface area contributed by atoms with E-state index in [0.29, 0.717) is 0 Å². The molecule has 0 heterocycles. The van der Waals surface area contributed by atoms with E-state index in [-0.39, 0.29) is 0 Å². The first-order chi connectivity index (χ1) is 10.9. The van der Waals surface area contributed by atoms with E-state index in [1.165, 1.54) is 20.8 Å². The van der Waals surface area contributed by atoms with Crippen molar-refractivity contribution in [2.75, 3.05) is 0 Å². The second-order valence-corrected chi connectivity index (χ2v) is 5.40. The molecule has 0 spiro atoms. The van der Waals surface area contributed by atoms with Crippen LogP contribution in [0, 0.1) is 36.1 Å². The predicted molar refractivity (Wildman–Crippen MR) is 82.9 cm³/mol. The first kappa shape index (κ1) is 21.2. The van der Waals surface area contributed by atoms with Crippen LogP contribution in [-0.4, -0.2) is 18.9 Å². The van der Waals surface area contributed by atoms with Gasteiger partial charge in [-0.1, -0.05) is 17.8 Å². The maximum absolute atomic E-state index is 12.7. The summed E-state index contributed by atoms with van der Waals surface area (Å²) < 4.78 is 43.1. The van der Waals surface area contributed by atoms with E-state index >= 15 is 0 Å². The molecule has 0 bridgehead atoms. The molecule has 0 aliphatic heterocycles. The van der Waals surface area contributed by atoms with Crippen molar-refractivity contribution in [3.05, 3.63) is 0 Å². The van der Waals surface area contributed by atoms with E-state index < -0.39 is 26.7 Å². The third-order valence-electron chi connectivity index (χ3n) is 1.81. The molecule has 23 heavy (non-hydrogen) atoms. The van der Waals surface area contributed by atoms with Crippen molar-refractivity contribution < 1.29 is 32.3 Å². The Morgan fingerprint density at radius 3 is 1.13 bits per heavy atom. The van der Waals surface area contributed by atoms with Crippen molar-refractivity contribution in [2.24, 2.45) is 0 Å². The molecule has 0 aromatic heterocycles. The van der Waals surface area contributed by atoms with Crippen LogP contribution in [0.4, 0.5) is 0 Å². The van der Waals surface area contributed by atoms with Crippen LogP contribution in [0.2, 0.25) is 0 Å². The summed E-state index contributed by atoms with van der Waals surface area (Å²) in [5.74, 6) is 7.54. The largest absolute Gasteiger partial charge is 0.484 e. The number of rotatable bonds is 9. The third kappa shape index (κ3) is 10.5. The van der Waals surface area contributed by atoms with Gasteiger partial charge >= 0.3 is 7.82 Å². The first-order valence-electron chi connectivity index (χ1n) is 6.74. The molecule has 3 unspecified atom stereocenters. The van der Waals surface area contributed by atoms with Gasteiger partial charge in [0.25, 0.3) is 0 Å². The van der Waals surface area contributed by atoms with E-state index in [1.807, 2.05) is 0 Å².